The molecule has 0 spiro atoms. The molecule has 2 aromatic rings. The van der Waals surface area contributed by atoms with Crippen LogP contribution in [-0.2, 0) is 7.05 Å². The van der Waals surface area contributed by atoms with Gasteiger partial charge in [-0.1, -0.05) is 11.6 Å². The fraction of sp³-hybridized carbons (Fsp3) is 0.143. The first-order valence-electron chi connectivity index (χ1n) is 3.22. The second-order valence-electron chi connectivity index (χ2n) is 2.32. The predicted octanol–water partition coefficient (Wildman–Crippen LogP) is 1.62. The molecular weight excluding hydrogens is 162 g/mol. The van der Waals surface area contributed by atoms with Crippen LogP contribution >= 0.6 is 11.6 Å². The Bertz CT molecular complexity index is 393. The van der Waals surface area contributed by atoms with E-state index in [1.807, 2.05) is 6.07 Å². The summed E-state index contributed by atoms with van der Waals surface area (Å²) < 4.78 is 0. The number of hydrogen-bond acceptors (Lipinski definition) is 2. The van der Waals surface area contributed by atoms with E-state index in [1.54, 1.807) is 19.2 Å². The van der Waals surface area contributed by atoms with E-state index in [9.17, 15) is 0 Å². The third-order valence-electron chi connectivity index (χ3n) is 1.44. The van der Waals surface area contributed by atoms with E-state index < -0.39 is 0 Å². The van der Waals surface area contributed by atoms with E-state index >= 15 is 0 Å². The Labute approximate surface area is 68.6 Å². The first-order chi connectivity index (χ1) is 5.25. The second-order valence-corrected chi connectivity index (χ2v) is 2.76. The van der Waals surface area contributed by atoms with Crippen molar-refractivity contribution in [3.8, 4) is 0 Å². The lowest BCUT2D eigenvalue weighted by Gasteiger charge is -1.84. The van der Waals surface area contributed by atoms with Crippen molar-refractivity contribution in [3.05, 3.63) is 23.2 Å². The fourth-order valence-corrected chi connectivity index (χ4v) is 1.16. The molecule has 1 aromatic carbocycles. The SMILES string of the molecule is Cn1nc2ccc(Cl)cc2n1. The van der Waals surface area contributed by atoms with Crippen LogP contribution in [0.3, 0.4) is 0 Å². The summed E-state index contributed by atoms with van der Waals surface area (Å²) in [6.45, 7) is 0. The van der Waals surface area contributed by atoms with Crippen molar-refractivity contribution in [3.63, 3.8) is 0 Å². The van der Waals surface area contributed by atoms with Crippen LogP contribution < -0.4 is 0 Å². The highest BCUT2D eigenvalue weighted by molar-refractivity contribution is 6.31. The zero-order chi connectivity index (χ0) is 7.84. The molecule has 0 N–H and O–H groups in total. The van der Waals surface area contributed by atoms with Gasteiger partial charge in [0, 0.05) is 12.1 Å². The molecule has 0 atom stereocenters. The highest BCUT2D eigenvalue weighted by Gasteiger charge is 1.98. The molecule has 0 unspecified atom stereocenters. The van der Waals surface area contributed by atoms with Crippen LogP contribution in [0, 0.1) is 0 Å². The zero-order valence-corrected chi connectivity index (χ0v) is 6.71. The summed E-state index contributed by atoms with van der Waals surface area (Å²) in [7, 11) is 1.79. The summed E-state index contributed by atoms with van der Waals surface area (Å²) in [5.41, 5.74) is 1.71. The molecule has 0 fully saturated rings. The van der Waals surface area contributed by atoms with Crippen LogP contribution in [0.15, 0.2) is 18.2 Å². The Balaban J connectivity index is 2.82. The molecule has 0 aliphatic rings. The molecule has 0 aliphatic carbocycles. The largest absolute Gasteiger partial charge is 0.187 e. The van der Waals surface area contributed by atoms with Crippen molar-refractivity contribution in [2.75, 3.05) is 0 Å². The lowest BCUT2D eigenvalue weighted by Crippen LogP contribution is -1.90. The Kier molecular flexibility index (Phi) is 1.32. The smallest absolute Gasteiger partial charge is 0.114 e. The maximum Gasteiger partial charge on any atom is 0.114 e. The van der Waals surface area contributed by atoms with Gasteiger partial charge in [-0.05, 0) is 18.2 Å². The average Bonchev–Trinajstić information content (AvgIpc) is 2.27. The molecule has 4 heteroatoms. The van der Waals surface area contributed by atoms with E-state index in [-0.39, 0.29) is 0 Å². The highest BCUT2D eigenvalue weighted by Crippen LogP contribution is 2.14. The summed E-state index contributed by atoms with van der Waals surface area (Å²) in [6.07, 6.45) is 0. The zero-order valence-electron chi connectivity index (χ0n) is 5.95. The third-order valence-corrected chi connectivity index (χ3v) is 1.68. The Morgan fingerprint density at radius 1 is 1.27 bits per heavy atom. The molecule has 0 saturated heterocycles. The maximum absolute atomic E-state index is 5.75. The minimum absolute atomic E-state index is 0.693. The van der Waals surface area contributed by atoms with Crippen LogP contribution in [0.2, 0.25) is 5.02 Å². The minimum Gasteiger partial charge on any atom is -0.187 e. The van der Waals surface area contributed by atoms with Crippen LogP contribution in [0.25, 0.3) is 11.0 Å². The van der Waals surface area contributed by atoms with Gasteiger partial charge in [0.05, 0.1) is 0 Å². The van der Waals surface area contributed by atoms with Gasteiger partial charge in [0.15, 0.2) is 0 Å². The van der Waals surface area contributed by atoms with E-state index in [0.29, 0.717) is 5.02 Å². The molecule has 1 heterocycles. The number of nitrogens with zero attached hydrogens (tertiary/aromatic N) is 3. The standard InChI is InChI=1S/C7H6ClN3/c1-11-9-6-3-2-5(8)4-7(6)10-11/h2-4H,1H3. The van der Waals surface area contributed by atoms with Gasteiger partial charge in [0.25, 0.3) is 0 Å². The van der Waals surface area contributed by atoms with Crippen LogP contribution in [0.1, 0.15) is 0 Å². The Hall–Kier alpha value is -1.09. The van der Waals surface area contributed by atoms with Crippen LogP contribution in [0.4, 0.5) is 0 Å². The molecule has 56 valence electrons. The number of rotatable bonds is 0. The Morgan fingerprint density at radius 2 is 2.00 bits per heavy atom. The first kappa shape index (κ1) is 6.61. The normalized spacial score (nSPS) is 10.7. The summed E-state index contributed by atoms with van der Waals surface area (Å²) in [6, 6.07) is 5.45. The summed E-state index contributed by atoms with van der Waals surface area (Å²) in [5.74, 6) is 0. The lowest BCUT2D eigenvalue weighted by atomic mass is 10.3. The van der Waals surface area contributed by atoms with Gasteiger partial charge in [-0.25, -0.2) is 0 Å². The van der Waals surface area contributed by atoms with E-state index in [4.69, 9.17) is 11.6 Å². The number of benzene rings is 1. The van der Waals surface area contributed by atoms with Gasteiger partial charge in [-0.2, -0.15) is 15.0 Å². The van der Waals surface area contributed by atoms with Crippen molar-refractivity contribution in [1.82, 2.24) is 15.0 Å². The lowest BCUT2D eigenvalue weighted by molar-refractivity contribution is 0.665. The van der Waals surface area contributed by atoms with E-state index in [2.05, 4.69) is 10.2 Å². The summed E-state index contributed by atoms with van der Waals surface area (Å²) in [5, 5.41) is 8.89. The maximum atomic E-state index is 5.75. The average molecular weight is 168 g/mol. The molecule has 0 radical (unpaired) electrons. The van der Waals surface area contributed by atoms with Gasteiger partial charge in [0.1, 0.15) is 11.0 Å². The number of hydrogen-bond donors (Lipinski definition) is 0. The summed E-state index contributed by atoms with van der Waals surface area (Å²) >= 11 is 5.75. The van der Waals surface area contributed by atoms with Crippen molar-refractivity contribution < 1.29 is 0 Å². The van der Waals surface area contributed by atoms with Crippen molar-refractivity contribution in [1.29, 1.82) is 0 Å². The third kappa shape index (κ3) is 1.07. The number of aryl methyl sites for hydroxylation is 1. The second kappa shape index (κ2) is 2.20. The van der Waals surface area contributed by atoms with Gasteiger partial charge in [-0.3, -0.25) is 0 Å². The van der Waals surface area contributed by atoms with E-state index in [0.717, 1.165) is 11.0 Å². The molecule has 0 aliphatic heterocycles. The molecule has 0 bridgehead atoms. The van der Waals surface area contributed by atoms with Crippen LogP contribution in [-0.4, -0.2) is 15.0 Å². The molecule has 0 amide bonds. The number of aromatic nitrogens is 3. The first-order valence-corrected chi connectivity index (χ1v) is 3.60. The van der Waals surface area contributed by atoms with Crippen molar-refractivity contribution in [2.24, 2.45) is 7.05 Å². The number of fused-ring (bicyclic) bond motifs is 1. The fourth-order valence-electron chi connectivity index (χ4n) is 0.995. The van der Waals surface area contributed by atoms with E-state index in [1.165, 1.54) is 4.80 Å². The molecule has 0 saturated carbocycles. The Morgan fingerprint density at radius 3 is 2.82 bits per heavy atom. The monoisotopic (exact) mass is 167 g/mol. The number of halogens is 1. The van der Waals surface area contributed by atoms with Gasteiger partial charge in [0.2, 0.25) is 0 Å². The molecular formula is C7H6ClN3. The quantitative estimate of drug-likeness (QED) is 0.597. The molecule has 11 heavy (non-hydrogen) atoms. The highest BCUT2D eigenvalue weighted by atomic mass is 35.5. The molecule has 3 nitrogen and oxygen atoms in total. The van der Waals surface area contributed by atoms with Gasteiger partial charge >= 0.3 is 0 Å². The molecule has 1 aromatic heterocycles. The van der Waals surface area contributed by atoms with Crippen molar-refractivity contribution >= 4 is 22.6 Å². The predicted molar refractivity (Wildman–Crippen MR) is 43.5 cm³/mol. The van der Waals surface area contributed by atoms with Crippen LogP contribution in [0.5, 0.6) is 0 Å². The molecule has 2 rings (SSSR count). The van der Waals surface area contributed by atoms with Gasteiger partial charge < -0.3 is 0 Å². The topological polar surface area (TPSA) is 30.7 Å². The van der Waals surface area contributed by atoms with Gasteiger partial charge in [-0.15, -0.1) is 0 Å². The minimum atomic E-state index is 0.693. The summed E-state index contributed by atoms with van der Waals surface area (Å²) in [4.78, 5) is 1.53. The van der Waals surface area contributed by atoms with Crippen molar-refractivity contribution in [2.45, 2.75) is 0 Å².